The summed E-state index contributed by atoms with van der Waals surface area (Å²) in [7, 11) is 0. The van der Waals surface area contributed by atoms with E-state index in [2.05, 4.69) is 0 Å². The van der Waals surface area contributed by atoms with Gasteiger partial charge in [-0.1, -0.05) is 23.9 Å². The molecule has 2 rings (SSSR count). The van der Waals surface area contributed by atoms with Crippen molar-refractivity contribution in [2.75, 3.05) is 0 Å². The van der Waals surface area contributed by atoms with Crippen LogP contribution in [0.2, 0.25) is 0 Å². The van der Waals surface area contributed by atoms with Crippen LogP contribution in [0.15, 0.2) is 58.3 Å². The van der Waals surface area contributed by atoms with E-state index in [0.717, 1.165) is 11.8 Å². The molecule has 0 saturated heterocycles. The normalized spacial score (nSPS) is 10.8. The van der Waals surface area contributed by atoms with E-state index in [1.165, 1.54) is 30.3 Å². The number of aliphatic carboxylic acids is 1. The first-order valence-corrected chi connectivity index (χ1v) is 7.18. The van der Waals surface area contributed by atoms with Crippen LogP contribution in [0.3, 0.4) is 0 Å². The van der Waals surface area contributed by atoms with Crippen LogP contribution in [-0.4, -0.2) is 16.0 Å². The second kappa shape index (κ2) is 7.24. The van der Waals surface area contributed by atoms with Gasteiger partial charge in [0.05, 0.1) is 21.5 Å². The largest absolute Gasteiger partial charge is 0.477 e. The molecule has 0 amide bonds. The SMILES string of the molecule is N#Cc1ccc(/C=C(/Sc2ccc([N+](=O)[O-])cc2)C(=O)O)cc1. The first-order chi connectivity index (χ1) is 11.0. The van der Waals surface area contributed by atoms with Gasteiger partial charge in [-0.15, -0.1) is 0 Å². The highest BCUT2D eigenvalue weighted by atomic mass is 32.2. The third kappa shape index (κ3) is 4.43. The Morgan fingerprint density at radius 3 is 2.26 bits per heavy atom. The Balaban J connectivity index is 2.24. The van der Waals surface area contributed by atoms with E-state index in [4.69, 9.17) is 5.26 Å². The maximum Gasteiger partial charge on any atom is 0.342 e. The summed E-state index contributed by atoms with van der Waals surface area (Å²) in [4.78, 5) is 22.1. The molecule has 114 valence electrons. The zero-order valence-corrected chi connectivity index (χ0v) is 12.5. The number of nitriles is 1. The maximum atomic E-state index is 11.4. The van der Waals surface area contributed by atoms with E-state index >= 15 is 0 Å². The lowest BCUT2D eigenvalue weighted by molar-refractivity contribution is -0.384. The highest BCUT2D eigenvalue weighted by Gasteiger charge is 2.11. The molecule has 1 N–H and O–H groups in total. The van der Waals surface area contributed by atoms with E-state index in [0.29, 0.717) is 16.0 Å². The average molecular weight is 326 g/mol. The predicted molar refractivity (Wildman–Crippen MR) is 85.7 cm³/mol. The van der Waals surface area contributed by atoms with Gasteiger partial charge in [-0.3, -0.25) is 10.1 Å². The molecule has 0 aromatic heterocycles. The lowest BCUT2D eigenvalue weighted by atomic mass is 10.1. The number of carboxylic acid groups (broad SMARTS) is 1. The number of hydrogen-bond acceptors (Lipinski definition) is 5. The van der Waals surface area contributed by atoms with Crippen molar-refractivity contribution in [2.24, 2.45) is 0 Å². The molecule has 2 aromatic carbocycles. The van der Waals surface area contributed by atoms with Crippen LogP contribution in [0.1, 0.15) is 11.1 Å². The Morgan fingerprint density at radius 2 is 1.78 bits per heavy atom. The molecule has 0 radical (unpaired) electrons. The first kappa shape index (κ1) is 16.3. The molecule has 6 nitrogen and oxygen atoms in total. The zero-order valence-electron chi connectivity index (χ0n) is 11.7. The predicted octanol–water partition coefficient (Wildman–Crippen LogP) is 3.68. The summed E-state index contributed by atoms with van der Waals surface area (Å²) in [5.41, 5.74) is 1.08. The molecule has 0 aliphatic heterocycles. The van der Waals surface area contributed by atoms with Crippen molar-refractivity contribution in [3.63, 3.8) is 0 Å². The second-order valence-electron chi connectivity index (χ2n) is 4.40. The molecule has 0 bridgehead atoms. The Hall–Kier alpha value is -3.11. The number of carboxylic acids is 1. The van der Waals surface area contributed by atoms with Crippen molar-refractivity contribution in [1.82, 2.24) is 0 Å². The van der Waals surface area contributed by atoms with Crippen LogP contribution in [0.25, 0.3) is 6.08 Å². The number of carbonyl (C=O) groups is 1. The summed E-state index contributed by atoms with van der Waals surface area (Å²) in [6.07, 6.45) is 1.48. The fraction of sp³-hybridized carbons (Fsp3) is 0. The van der Waals surface area contributed by atoms with Crippen LogP contribution in [0.4, 0.5) is 5.69 Å². The van der Waals surface area contributed by atoms with Crippen LogP contribution < -0.4 is 0 Å². The summed E-state index contributed by atoms with van der Waals surface area (Å²) < 4.78 is 0. The molecular formula is C16H10N2O4S. The lowest BCUT2D eigenvalue weighted by Crippen LogP contribution is -1.96. The molecule has 7 heteroatoms. The highest BCUT2D eigenvalue weighted by molar-refractivity contribution is 8.04. The number of non-ortho nitro benzene ring substituents is 1. The molecule has 23 heavy (non-hydrogen) atoms. The van der Waals surface area contributed by atoms with Gasteiger partial charge in [0.2, 0.25) is 0 Å². The van der Waals surface area contributed by atoms with Crippen molar-refractivity contribution in [2.45, 2.75) is 4.90 Å². The van der Waals surface area contributed by atoms with E-state index in [9.17, 15) is 20.0 Å². The molecule has 0 heterocycles. The van der Waals surface area contributed by atoms with Gasteiger partial charge in [0.15, 0.2) is 0 Å². The van der Waals surface area contributed by atoms with E-state index < -0.39 is 10.9 Å². The van der Waals surface area contributed by atoms with Crippen molar-refractivity contribution in [3.8, 4) is 6.07 Å². The van der Waals surface area contributed by atoms with Gasteiger partial charge in [0, 0.05) is 17.0 Å². The number of benzene rings is 2. The summed E-state index contributed by atoms with van der Waals surface area (Å²) in [6.45, 7) is 0. The fourth-order valence-electron chi connectivity index (χ4n) is 1.70. The number of nitrogens with zero attached hydrogens (tertiary/aromatic N) is 2. The Kier molecular flexibility index (Phi) is 5.12. The minimum atomic E-state index is -1.10. The molecule has 0 aliphatic rings. The summed E-state index contributed by atoms with van der Waals surface area (Å²) in [6, 6.07) is 14.1. The van der Waals surface area contributed by atoms with Crippen molar-refractivity contribution in [3.05, 3.63) is 74.7 Å². The van der Waals surface area contributed by atoms with Gasteiger partial charge in [-0.25, -0.2) is 4.79 Å². The number of nitro benzene ring substituents is 1. The molecule has 0 spiro atoms. The molecule has 0 unspecified atom stereocenters. The van der Waals surface area contributed by atoms with Gasteiger partial charge in [-0.2, -0.15) is 5.26 Å². The van der Waals surface area contributed by atoms with Crippen molar-refractivity contribution < 1.29 is 14.8 Å². The Bertz CT molecular complexity index is 805. The Morgan fingerprint density at radius 1 is 1.17 bits per heavy atom. The number of thioether (sulfide) groups is 1. The van der Waals surface area contributed by atoms with Crippen LogP contribution >= 0.6 is 11.8 Å². The molecule has 0 atom stereocenters. The smallest absolute Gasteiger partial charge is 0.342 e. The van der Waals surface area contributed by atoms with Gasteiger partial charge in [0.1, 0.15) is 0 Å². The Labute approximate surface area is 135 Å². The topological polar surface area (TPSA) is 104 Å². The number of hydrogen-bond donors (Lipinski definition) is 1. The molecular weight excluding hydrogens is 316 g/mol. The van der Waals surface area contributed by atoms with Gasteiger partial charge >= 0.3 is 5.97 Å². The highest BCUT2D eigenvalue weighted by Crippen LogP contribution is 2.29. The van der Waals surface area contributed by atoms with Crippen LogP contribution in [0.5, 0.6) is 0 Å². The van der Waals surface area contributed by atoms with Crippen molar-refractivity contribution >= 4 is 29.5 Å². The minimum Gasteiger partial charge on any atom is -0.477 e. The summed E-state index contributed by atoms with van der Waals surface area (Å²) in [5.74, 6) is -1.10. The van der Waals surface area contributed by atoms with Crippen LogP contribution in [0, 0.1) is 21.4 Å². The second-order valence-corrected chi connectivity index (χ2v) is 5.52. The summed E-state index contributed by atoms with van der Waals surface area (Å²) >= 11 is 0.996. The number of nitro groups is 1. The molecule has 0 aliphatic carbocycles. The van der Waals surface area contributed by atoms with Crippen LogP contribution in [-0.2, 0) is 4.79 Å². The van der Waals surface area contributed by atoms with E-state index in [-0.39, 0.29) is 10.6 Å². The van der Waals surface area contributed by atoms with Gasteiger partial charge in [-0.05, 0) is 35.9 Å². The maximum absolute atomic E-state index is 11.4. The molecule has 0 fully saturated rings. The number of rotatable bonds is 5. The monoisotopic (exact) mass is 326 g/mol. The quantitative estimate of drug-likeness (QED) is 0.389. The lowest BCUT2D eigenvalue weighted by Gasteiger charge is -2.03. The first-order valence-electron chi connectivity index (χ1n) is 6.37. The fourth-order valence-corrected chi connectivity index (χ4v) is 2.51. The van der Waals surface area contributed by atoms with Gasteiger partial charge in [0.25, 0.3) is 5.69 Å². The van der Waals surface area contributed by atoms with Crippen molar-refractivity contribution in [1.29, 1.82) is 5.26 Å². The molecule has 0 saturated carbocycles. The summed E-state index contributed by atoms with van der Waals surface area (Å²) in [5, 5.41) is 28.6. The standard InChI is InChI=1S/C16H10N2O4S/c17-10-12-3-1-11(2-4-12)9-15(16(19)20)23-14-7-5-13(6-8-14)18(21)22/h1-9H,(H,19,20)/b15-9+. The zero-order chi connectivity index (χ0) is 16.8. The third-order valence-corrected chi connectivity index (χ3v) is 3.84. The molecule has 2 aromatic rings. The third-order valence-electron chi connectivity index (χ3n) is 2.82. The van der Waals surface area contributed by atoms with E-state index in [1.54, 1.807) is 24.3 Å². The minimum absolute atomic E-state index is 0.0534. The van der Waals surface area contributed by atoms with E-state index in [1.807, 2.05) is 6.07 Å². The average Bonchev–Trinajstić information content (AvgIpc) is 2.55. The van der Waals surface area contributed by atoms with Gasteiger partial charge < -0.3 is 5.11 Å².